The Labute approximate surface area is 70.1 Å². The van der Waals surface area contributed by atoms with Crippen molar-refractivity contribution in [1.82, 2.24) is 0 Å². The van der Waals surface area contributed by atoms with Gasteiger partial charge < -0.3 is 4.74 Å². The van der Waals surface area contributed by atoms with Crippen LogP contribution in [0.5, 0.6) is 0 Å². The molecule has 0 heterocycles. The second-order valence-corrected chi connectivity index (χ2v) is 3.45. The molecule has 0 saturated heterocycles. The Balaban J connectivity index is 2.42. The lowest BCUT2D eigenvalue weighted by atomic mass is 9.83. The molecule has 0 spiro atoms. The van der Waals surface area contributed by atoms with Crippen LogP contribution in [0, 0.1) is 6.61 Å². The lowest BCUT2D eigenvalue weighted by Crippen LogP contribution is -2.33. The summed E-state index contributed by atoms with van der Waals surface area (Å²) in [5, 5.41) is 0. The minimum Gasteiger partial charge on any atom is -0.369 e. The molecule has 0 aromatic heterocycles. The van der Waals surface area contributed by atoms with E-state index in [0.29, 0.717) is 0 Å². The average molecular weight is 155 g/mol. The van der Waals surface area contributed by atoms with Crippen LogP contribution in [-0.2, 0) is 4.74 Å². The van der Waals surface area contributed by atoms with E-state index in [1.165, 1.54) is 32.1 Å². The molecule has 1 radical (unpaired) electrons. The summed E-state index contributed by atoms with van der Waals surface area (Å²) in [5.74, 6) is 0. The van der Waals surface area contributed by atoms with Gasteiger partial charge in [-0.1, -0.05) is 26.2 Å². The van der Waals surface area contributed by atoms with E-state index in [9.17, 15) is 0 Å². The van der Waals surface area contributed by atoms with Gasteiger partial charge in [-0.3, -0.25) is 0 Å². The zero-order valence-electron chi connectivity index (χ0n) is 7.73. The highest BCUT2D eigenvalue weighted by molar-refractivity contribution is 4.83. The lowest BCUT2D eigenvalue weighted by Gasteiger charge is -2.35. The molecule has 0 aliphatic heterocycles. The molecule has 1 nitrogen and oxygen atoms in total. The summed E-state index contributed by atoms with van der Waals surface area (Å²) in [7, 11) is 0. The Morgan fingerprint density at radius 2 is 1.91 bits per heavy atom. The standard InChI is InChI=1S/C10H19O/c1-3-10(11-4-2)8-6-5-7-9-10/h4H,3,5-9H2,1-2H3. The number of hydrogen-bond acceptors (Lipinski definition) is 1. The first-order valence-corrected chi connectivity index (χ1v) is 4.78. The van der Waals surface area contributed by atoms with Crippen molar-refractivity contribution in [2.45, 2.75) is 58.0 Å². The molecule has 1 aliphatic carbocycles. The van der Waals surface area contributed by atoms with Crippen LogP contribution in [0.25, 0.3) is 0 Å². The molecule has 1 rings (SSSR count). The van der Waals surface area contributed by atoms with Gasteiger partial charge in [0, 0.05) is 0 Å². The summed E-state index contributed by atoms with van der Waals surface area (Å²) in [6.07, 6.45) is 7.78. The minimum absolute atomic E-state index is 0.215. The van der Waals surface area contributed by atoms with Gasteiger partial charge in [0.1, 0.15) is 0 Å². The van der Waals surface area contributed by atoms with Crippen molar-refractivity contribution in [2.24, 2.45) is 0 Å². The predicted octanol–water partition coefficient (Wildman–Crippen LogP) is 3.30. The van der Waals surface area contributed by atoms with Gasteiger partial charge in [0.2, 0.25) is 0 Å². The SMILES string of the molecule is C[CH]OC1(CC)CCCCC1. The van der Waals surface area contributed by atoms with Crippen molar-refractivity contribution in [1.29, 1.82) is 0 Å². The fourth-order valence-electron chi connectivity index (χ4n) is 2.00. The third-order valence-electron chi connectivity index (χ3n) is 2.78. The highest BCUT2D eigenvalue weighted by Crippen LogP contribution is 2.34. The summed E-state index contributed by atoms with van der Waals surface area (Å²) in [5.41, 5.74) is 0.215. The molecule has 0 N–H and O–H groups in total. The molecule has 0 aromatic rings. The van der Waals surface area contributed by atoms with Gasteiger partial charge >= 0.3 is 0 Å². The Hall–Kier alpha value is -0.0400. The molecular weight excluding hydrogens is 136 g/mol. The second-order valence-electron chi connectivity index (χ2n) is 3.45. The molecule has 65 valence electrons. The molecular formula is C10H19O. The lowest BCUT2D eigenvalue weighted by molar-refractivity contribution is -0.0365. The number of rotatable bonds is 3. The fraction of sp³-hybridized carbons (Fsp3) is 0.900. The van der Waals surface area contributed by atoms with Gasteiger partial charge in [0.05, 0.1) is 12.2 Å². The van der Waals surface area contributed by atoms with E-state index in [4.69, 9.17) is 4.74 Å². The molecule has 1 aliphatic rings. The first-order chi connectivity index (χ1) is 5.33. The molecule has 0 atom stereocenters. The van der Waals surface area contributed by atoms with E-state index in [-0.39, 0.29) is 5.60 Å². The minimum atomic E-state index is 0.215. The zero-order chi connectivity index (χ0) is 8.16. The molecule has 0 unspecified atom stereocenters. The Morgan fingerprint density at radius 3 is 2.36 bits per heavy atom. The van der Waals surface area contributed by atoms with E-state index in [1.54, 1.807) is 0 Å². The summed E-state index contributed by atoms with van der Waals surface area (Å²) in [4.78, 5) is 0. The Bertz CT molecular complexity index is 97.9. The third kappa shape index (κ3) is 2.19. The quantitative estimate of drug-likeness (QED) is 0.607. The van der Waals surface area contributed by atoms with Crippen molar-refractivity contribution < 1.29 is 4.74 Å². The molecule has 0 aromatic carbocycles. The van der Waals surface area contributed by atoms with Crippen molar-refractivity contribution in [2.75, 3.05) is 0 Å². The summed E-state index contributed by atoms with van der Waals surface area (Å²) < 4.78 is 5.69. The van der Waals surface area contributed by atoms with Gasteiger partial charge in [0.15, 0.2) is 0 Å². The van der Waals surface area contributed by atoms with Crippen LogP contribution >= 0.6 is 0 Å². The topological polar surface area (TPSA) is 9.23 Å². The molecule has 0 amide bonds. The van der Waals surface area contributed by atoms with Crippen LogP contribution in [0.1, 0.15) is 52.4 Å². The molecule has 11 heavy (non-hydrogen) atoms. The first kappa shape index (κ1) is 9.05. The normalized spacial score (nSPS) is 23.5. The molecule has 1 heteroatoms. The van der Waals surface area contributed by atoms with Gasteiger partial charge in [-0.2, -0.15) is 0 Å². The monoisotopic (exact) mass is 155 g/mol. The van der Waals surface area contributed by atoms with E-state index in [0.717, 1.165) is 6.42 Å². The van der Waals surface area contributed by atoms with Gasteiger partial charge in [-0.25, -0.2) is 0 Å². The largest absolute Gasteiger partial charge is 0.369 e. The van der Waals surface area contributed by atoms with Crippen LogP contribution in [0.2, 0.25) is 0 Å². The highest BCUT2D eigenvalue weighted by Gasteiger charge is 2.30. The zero-order valence-corrected chi connectivity index (χ0v) is 7.73. The van der Waals surface area contributed by atoms with E-state index in [1.807, 2.05) is 13.5 Å². The maximum absolute atomic E-state index is 5.69. The van der Waals surface area contributed by atoms with Crippen LogP contribution in [0.4, 0.5) is 0 Å². The summed E-state index contributed by atoms with van der Waals surface area (Å²) >= 11 is 0. The molecule has 0 bridgehead atoms. The van der Waals surface area contributed by atoms with Crippen molar-refractivity contribution in [3.8, 4) is 0 Å². The Morgan fingerprint density at radius 1 is 1.27 bits per heavy atom. The maximum atomic E-state index is 5.69. The van der Waals surface area contributed by atoms with Crippen LogP contribution in [0.15, 0.2) is 0 Å². The van der Waals surface area contributed by atoms with Gasteiger partial charge in [-0.05, 0) is 26.2 Å². The van der Waals surface area contributed by atoms with E-state index >= 15 is 0 Å². The fourth-order valence-corrected chi connectivity index (χ4v) is 2.00. The van der Waals surface area contributed by atoms with Crippen molar-refractivity contribution in [3.63, 3.8) is 0 Å². The second kappa shape index (κ2) is 4.10. The van der Waals surface area contributed by atoms with E-state index < -0.39 is 0 Å². The predicted molar refractivity (Wildman–Crippen MR) is 47.2 cm³/mol. The number of ether oxygens (including phenoxy) is 1. The van der Waals surface area contributed by atoms with Crippen LogP contribution in [-0.4, -0.2) is 5.60 Å². The molecule has 1 fully saturated rings. The van der Waals surface area contributed by atoms with Crippen LogP contribution in [0.3, 0.4) is 0 Å². The van der Waals surface area contributed by atoms with Crippen molar-refractivity contribution in [3.05, 3.63) is 6.61 Å². The van der Waals surface area contributed by atoms with E-state index in [2.05, 4.69) is 6.92 Å². The summed E-state index contributed by atoms with van der Waals surface area (Å²) in [6.45, 7) is 6.07. The summed E-state index contributed by atoms with van der Waals surface area (Å²) in [6, 6.07) is 0. The number of hydrogen-bond donors (Lipinski definition) is 0. The smallest absolute Gasteiger partial charge is 0.0813 e. The third-order valence-corrected chi connectivity index (χ3v) is 2.78. The van der Waals surface area contributed by atoms with Gasteiger partial charge in [0.25, 0.3) is 0 Å². The highest BCUT2D eigenvalue weighted by atomic mass is 16.5. The average Bonchev–Trinajstić information content (AvgIpc) is 2.07. The maximum Gasteiger partial charge on any atom is 0.0813 e. The van der Waals surface area contributed by atoms with Crippen molar-refractivity contribution >= 4 is 0 Å². The molecule has 1 saturated carbocycles. The first-order valence-electron chi connectivity index (χ1n) is 4.78. The van der Waals surface area contributed by atoms with Gasteiger partial charge in [-0.15, -0.1) is 0 Å². The van der Waals surface area contributed by atoms with Crippen LogP contribution < -0.4 is 0 Å². The Kier molecular flexibility index (Phi) is 3.38.